The van der Waals surface area contributed by atoms with Crippen LogP contribution in [0.15, 0.2) is 30.3 Å². The van der Waals surface area contributed by atoms with E-state index in [4.69, 9.17) is 27.7 Å². The second kappa shape index (κ2) is 5.50. The van der Waals surface area contributed by atoms with Crippen LogP contribution in [0.5, 0.6) is 0 Å². The molecule has 90 valence electrons. The van der Waals surface area contributed by atoms with Crippen LogP contribution in [-0.2, 0) is 22.7 Å². The minimum atomic E-state index is -3.73. The first-order chi connectivity index (χ1) is 7.43. The van der Waals surface area contributed by atoms with E-state index in [2.05, 4.69) is 9.05 Å². The van der Waals surface area contributed by atoms with E-state index >= 15 is 0 Å². The standard InChI is InChI=1S/C9H11Cl2O4P/c1-13-16(12,14-2)15-9(10,11)8-6-4-3-5-7-8/h3-7H,1-2H3. The Bertz CT molecular complexity index is 374. The van der Waals surface area contributed by atoms with Crippen LogP contribution in [0, 0.1) is 0 Å². The molecule has 0 aliphatic rings. The van der Waals surface area contributed by atoms with Crippen molar-refractivity contribution in [1.29, 1.82) is 0 Å². The average Bonchev–Trinajstić information content (AvgIpc) is 2.29. The molecule has 0 fully saturated rings. The van der Waals surface area contributed by atoms with E-state index in [1.165, 1.54) is 14.2 Å². The lowest BCUT2D eigenvalue weighted by molar-refractivity contribution is 0.121. The number of hydrogen-bond acceptors (Lipinski definition) is 4. The zero-order valence-electron chi connectivity index (χ0n) is 8.72. The zero-order valence-corrected chi connectivity index (χ0v) is 11.1. The van der Waals surface area contributed by atoms with Crippen molar-refractivity contribution in [3.63, 3.8) is 0 Å². The van der Waals surface area contributed by atoms with Gasteiger partial charge in [0.1, 0.15) is 0 Å². The van der Waals surface area contributed by atoms with Gasteiger partial charge in [-0.2, -0.15) is 0 Å². The van der Waals surface area contributed by atoms with E-state index in [0.717, 1.165) is 0 Å². The third-order valence-corrected chi connectivity index (χ3v) is 3.98. The largest absolute Gasteiger partial charge is 0.477 e. The minimum absolute atomic E-state index is 0.438. The number of phosphoric acid groups is 1. The van der Waals surface area contributed by atoms with E-state index in [-0.39, 0.29) is 0 Å². The molecule has 1 rings (SSSR count). The van der Waals surface area contributed by atoms with Crippen molar-refractivity contribution < 1.29 is 18.1 Å². The molecule has 16 heavy (non-hydrogen) atoms. The number of phosphoric ester groups is 1. The summed E-state index contributed by atoms with van der Waals surface area (Å²) in [5, 5.41) is 0. The van der Waals surface area contributed by atoms with Crippen LogP contribution in [0.1, 0.15) is 5.56 Å². The maximum Gasteiger partial charge on any atom is 0.477 e. The molecule has 0 saturated heterocycles. The van der Waals surface area contributed by atoms with Gasteiger partial charge in [0.15, 0.2) is 0 Å². The van der Waals surface area contributed by atoms with E-state index in [0.29, 0.717) is 5.56 Å². The second-order valence-electron chi connectivity index (χ2n) is 2.79. The lowest BCUT2D eigenvalue weighted by Gasteiger charge is -2.23. The van der Waals surface area contributed by atoms with Crippen LogP contribution < -0.4 is 0 Å². The van der Waals surface area contributed by atoms with E-state index in [9.17, 15) is 4.57 Å². The molecule has 7 heteroatoms. The van der Waals surface area contributed by atoms with Gasteiger partial charge in [0.25, 0.3) is 4.52 Å². The van der Waals surface area contributed by atoms with Gasteiger partial charge in [0.2, 0.25) is 0 Å². The van der Waals surface area contributed by atoms with Gasteiger partial charge in [0.05, 0.1) is 0 Å². The molecule has 0 bridgehead atoms. The lowest BCUT2D eigenvalue weighted by Crippen LogP contribution is -2.14. The van der Waals surface area contributed by atoms with Gasteiger partial charge >= 0.3 is 7.82 Å². The number of rotatable bonds is 5. The van der Waals surface area contributed by atoms with Crippen LogP contribution in [0.2, 0.25) is 0 Å². The van der Waals surface area contributed by atoms with Gasteiger partial charge < -0.3 is 0 Å². The normalized spacial score (nSPS) is 12.8. The molecular weight excluding hydrogens is 274 g/mol. The number of halogens is 2. The van der Waals surface area contributed by atoms with Crippen LogP contribution in [0.4, 0.5) is 0 Å². The van der Waals surface area contributed by atoms with Gasteiger partial charge in [0, 0.05) is 19.8 Å². The number of alkyl halides is 2. The first-order valence-electron chi connectivity index (χ1n) is 4.29. The molecular formula is C9H11Cl2O4P. The highest BCUT2D eigenvalue weighted by atomic mass is 35.5. The molecule has 0 aliphatic carbocycles. The smallest absolute Gasteiger partial charge is 0.290 e. The highest BCUT2D eigenvalue weighted by Gasteiger charge is 2.38. The molecule has 0 amide bonds. The van der Waals surface area contributed by atoms with E-state index in [1.807, 2.05) is 0 Å². The van der Waals surface area contributed by atoms with E-state index in [1.54, 1.807) is 30.3 Å². The Hall–Kier alpha value is -0.0900. The first-order valence-corrected chi connectivity index (χ1v) is 6.51. The molecule has 0 atom stereocenters. The molecule has 0 aliphatic heterocycles. The van der Waals surface area contributed by atoms with Crippen LogP contribution >= 0.6 is 31.0 Å². The maximum atomic E-state index is 11.7. The van der Waals surface area contributed by atoms with Crippen LogP contribution in [-0.4, -0.2) is 14.2 Å². The van der Waals surface area contributed by atoms with Crippen molar-refractivity contribution in [3.05, 3.63) is 35.9 Å². The summed E-state index contributed by atoms with van der Waals surface area (Å²) in [4.78, 5) is 0. The molecule has 0 N–H and O–H groups in total. The average molecular weight is 285 g/mol. The fourth-order valence-electron chi connectivity index (χ4n) is 0.974. The number of benzene rings is 1. The fraction of sp³-hybridized carbons (Fsp3) is 0.333. The Morgan fingerprint density at radius 2 is 1.62 bits per heavy atom. The highest BCUT2D eigenvalue weighted by molar-refractivity contribution is 7.48. The monoisotopic (exact) mass is 284 g/mol. The van der Waals surface area contributed by atoms with Gasteiger partial charge in [-0.1, -0.05) is 53.5 Å². The Morgan fingerprint density at radius 1 is 1.12 bits per heavy atom. The van der Waals surface area contributed by atoms with Crippen molar-refractivity contribution in [2.45, 2.75) is 4.52 Å². The topological polar surface area (TPSA) is 44.8 Å². The predicted octanol–water partition coefficient (Wildman–Crippen LogP) is 3.69. The Kier molecular flexibility index (Phi) is 4.80. The van der Waals surface area contributed by atoms with Crippen molar-refractivity contribution in [2.24, 2.45) is 0 Å². The van der Waals surface area contributed by atoms with Crippen molar-refractivity contribution >= 4 is 31.0 Å². The summed E-state index contributed by atoms with van der Waals surface area (Å²) in [6, 6.07) is 8.51. The van der Waals surface area contributed by atoms with Crippen LogP contribution in [0.3, 0.4) is 0 Å². The molecule has 1 aromatic rings. The zero-order chi connectivity index (χ0) is 12.2. The van der Waals surface area contributed by atoms with Crippen molar-refractivity contribution in [3.8, 4) is 0 Å². The summed E-state index contributed by atoms with van der Waals surface area (Å²) < 4.78 is 24.0. The summed E-state index contributed by atoms with van der Waals surface area (Å²) in [6.45, 7) is 0. The Morgan fingerprint density at radius 3 is 2.06 bits per heavy atom. The molecule has 0 aromatic heterocycles. The molecule has 0 heterocycles. The van der Waals surface area contributed by atoms with Gasteiger partial charge in [-0.3, -0.25) is 9.05 Å². The van der Waals surface area contributed by atoms with Crippen LogP contribution in [0.25, 0.3) is 0 Å². The SMILES string of the molecule is COP(=O)(OC)OC(Cl)(Cl)c1ccccc1. The Labute approximate surface area is 104 Å². The summed E-state index contributed by atoms with van der Waals surface area (Å²) in [5.41, 5.74) is 0.438. The van der Waals surface area contributed by atoms with Crippen molar-refractivity contribution in [1.82, 2.24) is 0 Å². The third-order valence-electron chi connectivity index (χ3n) is 1.78. The Balaban J connectivity index is 2.92. The summed E-state index contributed by atoms with van der Waals surface area (Å²) in [5.74, 6) is 0. The first kappa shape index (κ1) is 14.0. The fourth-order valence-corrected chi connectivity index (χ4v) is 2.42. The van der Waals surface area contributed by atoms with E-state index < -0.39 is 12.3 Å². The minimum Gasteiger partial charge on any atom is -0.290 e. The predicted molar refractivity (Wildman–Crippen MR) is 62.5 cm³/mol. The van der Waals surface area contributed by atoms with Crippen molar-refractivity contribution in [2.75, 3.05) is 14.2 Å². The second-order valence-corrected chi connectivity index (χ2v) is 5.85. The molecule has 1 aromatic carbocycles. The van der Waals surface area contributed by atoms with Gasteiger partial charge in [-0.15, -0.1) is 0 Å². The van der Waals surface area contributed by atoms with Gasteiger partial charge in [-0.25, -0.2) is 9.09 Å². The third kappa shape index (κ3) is 3.45. The summed E-state index contributed by atoms with van der Waals surface area (Å²) in [7, 11) is -1.37. The summed E-state index contributed by atoms with van der Waals surface area (Å²) >= 11 is 11.8. The molecule has 0 saturated carbocycles. The summed E-state index contributed by atoms with van der Waals surface area (Å²) in [6.07, 6.45) is 0. The molecule has 0 unspecified atom stereocenters. The molecule has 4 nitrogen and oxygen atoms in total. The molecule has 0 spiro atoms. The molecule has 0 radical (unpaired) electrons. The maximum absolute atomic E-state index is 11.7. The lowest BCUT2D eigenvalue weighted by atomic mass is 10.2. The van der Waals surface area contributed by atoms with Gasteiger partial charge in [-0.05, 0) is 0 Å². The quantitative estimate of drug-likeness (QED) is 0.611. The highest BCUT2D eigenvalue weighted by Crippen LogP contribution is 2.56. The number of hydrogen-bond donors (Lipinski definition) is 0.